The van der Waals surface area contributed by atoms with Crippen molar-refractivity contribution in [2.24, 2.45) is 11.8 Å². The molecule has 2 nitrogen and oxygen atoms in total. The van der Waals surface area contributed by atoms with Crippen LogP contribution >= 0.6 is 17.9 Å². The van der Waals surface area contributed by atoms with E-state index in [1.54, 1.807) is 0 Å². The van der Waals surface area contributed by atoms with Crippen molar-refractivity contribution in [3.63, 3.8) is 0 Å². The van der Waals surface area contributed by atoms with Gasteiger partial charge in [0.1, 0.15) is 0 Å². The SMILES string of the molecule is CC(C)CCCOP(=S)(S)OCCCC(C)C.[Cu]. The summed E-state index contributed by atoms with van der Waals surface area (Å²) in [6, 6.07) is 0. The molecular weight excluding hydrogens is 335 g/mol. The van der Waals surface area contributed by atoms with Gasteiger partial charge < -0.3 is 9.05 Å². The first-order valence-corrected chi connectivity index (χ1v) is 10.2. The maximum Gasteiger partial charge on any atom is 0.244 e. The molecule has 0 amide bonds. The van der Waals surface area contributed by atoms with E-state index in [0.717, 1.165) is 25.7 Å². The fourth-order valence-electron chi connectivity index (χ4n) is 1.38. The minimum atomic E-state index is -2.28. The Morgan fingerprint density at radius 2 is 1.28 bits per heavy atom. The number of thiol groups is 1. The molecule has 0 bridgehead atoms. The molecule has 0 aromatic rings. The van der Waals surface area contributed by atoms with Crippen molar-refractivity contribution in [3.8, 4) is 0 Å². The van der Waals surface area contributed by atoms with Gasteiger partial charge >= 0.3 is 0 Å². The van der Waals surface area contributed by atoms with Crippen molar-refractivity contribution in [2.75, 3.05) is 13.2 Å². The van der Waals surface area contributed by atoms with E-state index in [0.29, 0.717) is 25.0 Å². The molecule has 0 atom stereocenters. The number of rotatable bonds is 10. The third kappa shape index (κ3) is 15.5. The summed E-state index contributed by atoms with van der Waals surface area (Å²) in [6.45, 7) is 10.2. The first-order chi connectivity index (χ1) is 7.83. The number of hydrogen-bond donors (Lipinski definition) is 1. The zero-order valence-corrected chi connectivity index (χ0v) is 15.4. The van der Waals surface area contributed by atoms with Gasteiger partial charge in [0.05, 0.1) is 13.2 Å². The van der Waals surface area contributed by atoms with Crippen molar-refractivity contribution in [1.29, 1.82) is 0 Å². The summed E-state index contributed by atoms with van der Waals surface area (Å²) in [5, 5.41) is 0. The van der Waals surface area contributed by atoms with Crippen molar-refractivity contribution in [3.05, 3.63) is 0 Å². The van der Waals surface area contributed by atoms with Crippen molar-refractivity contribution >= 4 is 29.7 Å². The Kier molecular flexibility index (Phi) is 14.7. The van der Waals surface area contributed by atoms with E-state index in [2.05, 4.69) is 39.9 Å². The Hall–Kier alpha value is 1.44. The standard InChI is InChI=1S/C12H27O2PS2.Cu/c1-11(2)7-5-9-13-15(16,17)14-10-6-8-12(3)4;/h11-12H,5-10H2,1-4H3,(H,16,17);. The molecule has 0 spiro atoms. The Bertz CT molecular complexity index is 218. The number of hydrogen-bond acceptors (Lipinski definition) is 3. The molecule has 0 aliphatic heterocycles. The van der Waals surface area contributed by atoms with Crippen LogP contribution in [0.4, 0.5) is 0 Å². The van der Waals surface area contributed by atoms with Gasteiger partial charge in [-0.25, -0.2) is 0 Å². The quantitative estimate of drug-likeness (QED) is 0.254. The van der Waals surface area contributed by atoms with Gasteiger partial charge in [-0.05, 0) is 49.3 Å². The second kappa shape index (κ2) is 12.2. The van der Waals surface area contributed by atoms with E-state index in [4.69, 9.17) is 20.9 Å². The van der Waals surface area contributed by atoms with Gasteiger partial charge in [0, 0.05) is 17.1 Å². The van der Waals surface area contributed by atoms with Crippen LogP contribution in [-0.4, -0.2) is 13.2 Å². The van der Waals surface area contributed by atoms with E-state index in [9.17, 15) is 0 Å². The first-order valence-electron chi connectivity index (χ1n) is 6.45. The molecule has 0 aromatic heterocycles. The fraction of sp³-hybridized carbons (Fsp3) is 1.00. The van der Waals surface area contributed by atoms with Gasteiger partial charge in [-0.2, -0.15) is 0 Å². The van der Waals surface area contributed by atoms with E-state index in [1.165, 1.54) is 0 Å². The average molecular weight is 362 g/mol. The van der Waals surface area contributed by atoms with Crippen LogP contribution in [0.1, 0.15) is 53.4 Å². The fourth-order valence-corrected chi connectivity index (χ4v) is 3.11. The molecule has 115 valence electrons. The van der Waals surface area contributed by atoms with Gasteiger partial charge in [0.2, 0.25) is 5.69 Å². The minimum Gasteiger partial charge on any atom is -0.322 e. The molecular formula is C12H27CuO2PS2. The topological polar surface area (TPSA) is 18.5 Å². The molecule has 0 N–H and O–H groups in total. The molecule has 0 aromatic carbocycles. The normalized spacial score (nSPS) is 11.9. The van der Waals surface area contributed by atoms with Gasteiger partial charge in [0.15, 0.2) is 0 Å². The summed E-state index contributed by atoms with van der Waals surface area (Å²) >= 11 is 9.55. The zero-order valence-electron chi connectivity index (χ0n) is 11.8. The molecule has 0 saturated heterocycles. The zero-order chi connectivity index (χ0) is 13.3. The monoisotopic (exact) mass is 361 g/mol. The summed E-state index contributed by atoms with van der Waals surface area (Å²) in [5.41, 5.74) is -2.28. The molecule has 0 fully saturated rings. The van der Waals surface area contributed by atoms with Crippen LogP contribution in [0.15, 0.2) is 0 Å². The van der Waals surface area contributed by atoms with Crippen LogP contribution in [0.3, 0.4) is 0 Å². The first kappa shape index (κ1) is 21.7. The van der Waals surface area contributed by atoms with Crippen LogP contribution in [0, 0.1) is 11.8 Å². The largest absolute Gasteiger partial charge is 0.322 e. The Morgan fingerprint density at radius 1 is 0.944 bits per heavy atom. The minimum absolute atomic E-state index is 0. The Morgan fingerprint density at radius 3 is 1.56 bits per heavy atom. The molecule has 0 unspecified atom stereocenters. The Labute approximate surface area is 134 Å². The predicted octanol–water partition coefficient (Wildman–Crippen LogP) is 5.04. The van der Waals surface area contributed by atoms with Crippen LogP contribution in [-0.2, 0) is 37.9 Å². The second-order valence-electron chi connectivity index (χ2n) is 5.21. The van der Waals surface area contributed by atoms with E-state index in [-0.39, 0.29) is 17.1 Å². The van der Waals surface area contributed by atoms with Gasteiger partial charge in [0.25, 0.3) is 0 Å². The summed E-state index contributed by atoms with van der Waals surface area (Å²) in [4.78, 5) is 0. The second-order valence-corrected chi connectivity index (χ2v) is 10.5. The molecule has 0 saturated carbocycles. The van der Waals surface area contributed by atoms with E-state index in [1.807, 2.05) is 0 Å². The molecule has 1 radical (unpaired) electrons. The predicted molar refractivity (Wildman–Crippen MR) is 83.3 cm³/mol. The maximum absolute atomic E-state index is 5.55. The van der Waals surface area contributed by atoms with Crippen LogP contribution in [0.2, 0.25) is 0 Å². The molecule has 0 aliphatic carbocycles. The molecule has 0 rings (SSSR count). The molecule has 6 heteroatoms. The van der Waals surface area contributed by atoms with Crippen molar-refractivity contribution in [2.45, 2.75) is 53.4 Å². The summed E-state index contributed by atoms with van der Waals surface area (Å²) in [6.07, 6.45) is 4.39. The van der Waals surface area contributed by atoms with Gasteiger partial charge in [-0.1, -0.05) is 39.9 Å². The van der Waals surface area contributed by atoms with Crippen LogP contribution < -0.4 is 0 Å². The Balaban J connectivity index is 0. The third-order valence-corrected chi connectivity index (χ3v) is 4.70. The summed E-state index contributed by atoms with van der Waals surface area (Å²) in [5.74, 6) is 1.42. The molecule has 0 aliphatic rings. The smallest absolute Gasteiger partial charge is 0.244 e. The molecule has 18 heavy (non-hydrogen) atoms. The van der Waals surface area contributed by atoms with Crippen LogP contribution in [0.25, 0.3) is 0 Å². The van der Waals surface area contributed by atoms with Crippen molar-refractivity contribution < 1.29 is 26.1 Å². The maximum atomic E-state index is 5.55. The van der Waals surface area contributed by atoms with Crippen molar-refractivity contribution in [1.82, 2.24) is 0 Å². The third-order valence-electron chi connectivity index (χ3n) is 2.36. The van der Waals surface area contributed by atoms with Crippen LogP contribution in [0.5, 0.6) is 0 Å². The van der Waals surface area contributed by atoms with E-state index < -0.39 is 5.69 Å². The van der Waals surface area contributed by atoms with Gasteiger partial charge in [-0.3, -0.25) is 0 Å². The van der Waals surface area contributed by atoms with E-state index >= 15 is 0 Å². The summed E-state index contributed by atoms with van der Waals surface area (Å²) < 4.78 is 11.1. The van der Waals surface area contributed by atoms with Gasteiger partial charge in [-0.15, -0.1) is 0 Å². The summed E-state index contributed by atoms with van der Waals surface area (Å²) in [7, 11) is 0. The molecule has 0 heterocycles. The average Bonchev–Trinajstić information content (AvgIpc) is 2.19.